The van der Waals surface area contributed by atoms with E-state index in [1.807, 2.05) is 48.5 Å². The fraction of sp³-hybridized carbons (Fsp3) is 0.154. The second-order valence-corrected chi connectivity index (χ2v) is 7.62. The largest absolute Gasteiger partial charge is 0.369 e. The number of nitrogens with zero attached hydrogens (tertiary/aromatic N) is 3. The third-order valence-electron chi connectivity index (χ3n) is 5.29. The fourth-order valence-electron chi connectivity index (χ4n) is 3.63. The molecule has 0 fully saturated rings. The van der Waals surface area contributed by atoms with Crippen LogP contribution in [-0.4, -0.2) is 27.4 Å². The van der Waals surface area contributed by atoms with Crippen molar-refractivity contribution in [2.24, 2.45) is 5.73 Å². The number of anilines is 1. The molecule has 32 heavy (non-hydrogen) atoms. The fourth-order valence-corrected chi connectivity index (χ4v) is 3.63. The molecule has 1 atom stereocenters. The zero-order valence-electron chi connectivity index (χ0n) is 17.9. The molecule has 6 heteroatoms. The number of rotatable bonds is 8. The monoisotopic (exact) mass is 423 g/mol. The number of hydrogen-bond donors (Lipinski definition) is 2. The molecular formula is C26H25N5O. The van der Waals surface area contributed by atoms with Gasteiger partial charge in [0.2, 0.25) is 5.91 Å². The zero-order valence-corrected chi connectivity index (χ0v) is 17.9. The molecule has 6 nitrogen and oxygen atoms in total. The summed E-state index contributed by atoms with van der Waals surface area (Å²) in [5.74, 6) is -0.470. The Hall–Kier alpha value is -4.06. The van der Waals surface area contributed by atoms with Gasteiger partial charge in [0.25, 0.3) is 0 Å². The lowest BCUT2D eigenvalue weighted by molar-refractivity contribution is -0.118. The number of carbonyl (C=O) groups is 1. The molecule has 0 aliphatic carbocycles. The van der Waals surface area contributed by atoms with Crippen molar-refractivity contribution in [1.82, 2.24) is 15.0 Å². The minimum Gasteiger partial charge on any atom is -0.369 e. The molecular weight excluding hydrogens is 398 g/mol. The number of benzene rings is 1. The standard InChI is InChI=1S/C26H25N5O/c1-18-7-9-19(10-8-18)23-12-11-22(24(25(27)32)20-5-4-14-28-17-20)26(31-23)30-16-13-21-6-2-3-15-29-21/h2-12,14-15,17,24H,13,16H2,1H3,(H2,27,32)(H,30,31). The third kappa shape index (κ3) is 4.98. The van der Waals surface area contributed by atoms with Crippen LogP contribution in [-0.2, 0) is 11.2 Å². The van der Waals surface area contributed by atoms with Crippen LogP contribution < -0.4 is 11.1 Å². The van der Waals surface area contributed by atoms with Gasteiger partial charge in [0.05, 0.1) is 11.6 Å². The first-order valence-electron chi connectivity index (χ1n) is 10.5. The maximum atomic E-state index is 12.5. The van der Waals surface area contributed by atoms with Crippen LogP contribution >= 0.6 is 0 Å². The number of nitrogens with one attached hydrogen (secondary N) is 1. The Morgan fingerprint density at radius 3 is 2.53 bits per heavy atom. The van der Waals surface area contributed by atoms with Gasteiger partial charge in [0.1, 0.15) is 5.82 Å². The Morgan fingerprint density at radius 1 is 1.00 bits per heavy atom. The molecule has 1 amide bonds. The van der Waals surface area contributed by atoms with E-state index in [9.17, 15) is 4.79 Å². The van der Waals surface area contributed by atoms with Gasteiger partial charge >= 0.3 is 0 Å². The lowest BCUT2D eigenvalue weighted by atomic mass is 9.91. The van der Waals surface area contributed by atoms with Gasteiger partial charge in [-0.25, -0.2) is 4.98 Å². The summed E-state index contributed by atoms with van der Waals surface area (Å²) in [6.45, 7) is 2.67. The zero-order chi connectivity index (χ0) is 22.3. The van der Waals surface area contributed by atoms with E-state index >= 15 is 0 Å². The van der Waals surface area contributed by atoms with Crippen molar-refractivity contribution in [3.8, 4) is 11.3 Å². The lowest BCUT2D eigenvalue weighted by Crippen LogP contribution is -2.24. The Morgan fingerprint density at radius 2 is 1.84 bits per heavy atom. The molecule has 0 saturated heterocycles. The van der Waals surface area contributed by atoms with Gasteiger partial charge in [-0.15, -0.1) is 0 Å². The second-order valence-electron chi connectivity index (χ2n) is 7.62. The van der Waals surface area contributed by atoms with Crippen molar-refractivity contribution in [3.05, 3.63) is 108 Å². The topological polar surface area (TPSA) is 93.8 Å². The molecule has 160 valence electrons. The summed E-state index contributed by atoms with van der Waals surface area (Å²) in [5, 5.41) is 3.41. The second kappa shape index (κ2) is 9.83. The van der Waals surface area contributed by atoms with Gasteiger partial charge in [-0.2, -0.15) is 0 Å². The van der Waals surface area contributed by atoms with Crippen LogP contribution in [0.4, 0.5) is 5.82 Å². The molecule has 0 bridgehead atoms. The van der Waals surface area contributed by atoms with E-state index in [-0.39, 0.29) is 0 Å². The molecule has 1 unspecified atom stereocenters. The minimum absolute atomic E-state index is 0.448. The number of aromatic nitrogens is 3. The van der Waals surface area contributed by atoms with Gasteiger partial charge in [-0.1, -0.05) is 48.0 Å². The summed E-state index contributed by atoms with van der Waals surface area (Å²) in [7, 11) is 0. The van der Waals surface area contributed by atoms with E-state index in [0.717, 1.165) is 34.5 Å². The van der Waals surface area contributed by atoms with Gasteiger partial charge in [0, 0.05) is 48.4 Å². The van der Waals surface area contributed by atoms with Crippen LogP contribution in [0, 0.1) is 6.92 Å². The highest BCUT2D eigenvalue weighted by Gasteiger charge is 2.24. The summed E-state index contributed by atoms with van der Waals surface area (Å²) >= 11 is 0. The molecule has 4 aromatic rings. The van der Waals surface area contributed by atoms with Crippen molar-refractivity contribution in [3.63, 3.8) is 0 Å². The summed E-state index contributed by atoms with van der Waals surface area (Å²) in [6.07, 6.45) is 5.85. The highest BCUT2D eigenvalue weighted by atomic mass is 16.1. The van der Waals surface area contributed by atoms with Crippen molar-refractivity contribution in [2.45, 2.75) is 19.3 Å². The highest BCUT2D eigenvalue weighted by Crippen LogP contribution is 2.31. The normalized spacial score (nSPS) is 11.7. The smallest absolute Gasteiger partial charge is 0.229 e. The lowest BCUT2D eigenvalue weighted by Gasteiger charge is -2.19. The number of amides is 1. The SMILES string of the molecule is Cc1ccc(-c2ccc(C(C(N)=O)c3cccnc3)c(NCCc3ccccn3)n2)cc1. The van der Waals surface area contributed by atoms with Crippen LogP contribution in [0.2, 0.25) is 0 Å². The quantitative estimate of drug-likeness (QED) is 0.445. The molecule has 1 aromatic carbocycles. The van der Waals surface area contributed by atoms with Gasteiger partial charge < -0.3 is 11.1 Å². The van der Waals surface area contributed by atoms with E-state index in [4.69, 9.17) is 10.7 Å². The Labute approximate surface area is 187 Å². The maximum absolute atomic E-state index is 12.5. The first-order valence-corrected chi connectivity index (χ1v) is 10.5. The summed E-state index contributed by atoms with van der Waals surface area (Å²) in [5.41, 5.74) is 11.3. The molecule has 0 saturated carbocycles. The third-order valence-corrected chi connectivity index (χ3v) is 5.29. The number of aryl methyl sites for hydroxylation is 1. The number of pyridine rings is 3. The van der Waals surface area contributed by atoms with Crippen LogP contribution in [0.25, 0.3) is 11.3 Å². The number of primary amides is 1. The Kier molecular flexibility index (Phi) is 6.51. The number of nitrogens with two attached hydrogens (primary N) is 1. The summed E-state index contributed by atoms with van der Waals surface area (Å²) < 4.78 is 0. The predicted molar refractivity (Wildman–Crippen MR) is 126 cm³/mol. The van der Waals surface area contributed by atoms with Gasteiger partial charge in [-0.05, 0) is 36.8 Å². The molecule has 0 aliphatic rings. The molecule has 3 N–H and O–H groups in total. The van der Waals surface area contributed by atoms with Crippen molar-refractivity contribution < 1.29 is 4.79 Å². The van der Waals surface area contributed by atoms with E-state index in [1.54, 1.807) is 24.7 Å². The van der Waals surface area contributed by atoms with E-state index in [1.165, 1.54) is 5.56 Å². The van der Waals surface area contributed by atoms with Crippen LogP contribution in [0.3, 0.4) is 0 Å². The van der Waals surface area contributed by atoms with Crippen molar-refractivity contribution >= 4 is 11.7 Å². The number of hydrogen-bond acceptors (Lipinski definition) is 5. The molecule has 3 aromatic heterocycles. The van der Waals surface area contributed by atoms with Gasteiger partial charge in [-0.3, -0.25) is 14.8 Å². The Bertz CT molecular complexity index is 1180. The Balaban J connectivity index is 1.70. The van der Waals surface area contributed by atoms with E-state index in [0.29, 0.717) is 12.4 Å². The first kappa shape index (κ1) is 21.2. The van der Waals surface area contributed by atoms with Crippen LogP contribution in [0.5, 0.6) is 0 Å². The summed E-state index contributed by atoms with van der Waals surface area (Å²) in [6, 6.07) is 21.6. The average molecular weight is 424 g/mol. The maximum Gasteiger partial charge on any atom is 0.229 e. The first-order chi connectivity index (χ1) is 15.6. The van der Waals surface area contributed by atoms with Crippen LogP contribution in [0.15, 0.2) is 85.3 Å². The van der Waals surface area contributed by atoms with Gasteiger partial charge in [0.15, 0.2) is 0 Å². The molecule has 3 heterocycles. The van der Waals surface area contributed by atoms with Crippen molar-refractivity contribution in [2.75, 3.05) is 11.9 Å². The highest BCUT2D eigenvalue weighted by molar-refractivity contribution is 5.87. The molecule has 0 radical (unpaired) electrons. The van der Waals surface area contributed by atoms with Crippen molar-refractivity contribution in [1.29, 1.82) is 0 Å². The predicted octanol–water partition coefficient (Wildman–Crippen LogP) is 4.12. The number of carbonyl (C=O) groups excluding carboxylic acids is 1. The van der Waals surface area contributed by atoms with E-state index in [2.05, 4.69) is 34.3 Å². The molecule has 4 rings (SSSR count). The van der Waals surface area contributed by atoms with Crippen LogP contribution in [0.1, 0.15) is 28.3 Å². The minimum atomic E-state index is -0.652. The average Bonchev–Trinajstić information content (AvgIpc) is 2.82. The summed E-state index contributed by atoms with van der Waals surface area (Å²) in [4.78, 5) is 25.9. The van der Waals surface area contributed by atoms with E-state index < -0.39 is 11.8 Å². The molecule has 0 aliphatic heterocycles. The molecule has 0 spiro atoms.